The van der Waals surface area contributed by atoms with Crippen LogP contribution < -0.4 is 16.6 Å². The van der Waals surface area contributed by atoms with Gasteiger partial charge in [0.2, 0.25) is 5.91 Å². The van der Waals surface area contributed by atoms with Crippen LogP contribution in [0.5, 0.6) is 0 Å². The standard InChI is InChI=1S/C21H22FN5O3/c1-12-4-3-5-13(18(12)22)9-27-10-16(19(23)28)15(7-6-14-8-25-11-26-14)17(21(27)30)20(29)24-2/h3-5,8,10-11H,6-7,9H2,1-2H3,(H2,23,28)(H,24,29)(H,25,26). The van der Waals surface area contributed by atoms with E-state index in [1.54, 1.807) is 31.3 Å². The number of nitrogens with zero attached hydrogens (tertiary/aromatic N) is 2. The van der Waals surface area contributed by atoms with Crippen LogP contribution >= 0.6 is 0 Å². The highest BCUT2D eigenvalue weighted by molar-refractivity contribution is 6.01. The summed E-state index contributed by atoms with van der Waals surface area (Å²) < 4.78 is 15.6. The first-order chi connectivity index (χ1) is 14.3. The normalized spacial score (nSPS) is 10.8. The zero-order chi connectivity index (χ0) is 21.8. The molecule has 30 heavy (non-hydrogen) atoms. The van der Waals surface area contributed by atoms with Crippen molar-refractivity contribution in [2.24, 2.45) is 5.73 Å². The van der Waals surface area contributed by atoms with Crippen LogP contribution in [0.2, 0.25) is 0 Å². The maximum Gasteiger partial charge on any atom is 0.264 e. The summed E-state index contributed by atoms with van der Waals surface area (Å²) in [6, 6.07) is 4.83. The SMILES string of the molecule is CNC(=O)c1c(CCc2c[nH]cn2)c(C(N)=O)cn(Cc2cccc(C)c2F)c1=O. The van der Waals surface area contributed by atoms with Gasteiger partial charge in [0.25, 0.3) is 11.5 Å². The Bertz CT molecular complexity index is 1150. The summed E-state index contributed by atoms with van der Waals surface area (Å²) in [4.78, 5) is 44.8. The highest BCUT2D eigenvalue weighted by Gasteiger charge is 2.24. The highest BCUT2D eigenvalue weighted by Crippen LogP contribution is 2.17. The Balaban J connectivity index is 2.14. The summed E-state index contributed by atoms with van der Waals surface area (Å²) in [5.74, 6) is -1.87. The summed E-state index contributed by atoms with van der Waals surface area (Å²) in [5.41, 5.74) is 6.43. The molecule has 0 bridgehead atoms. The number of amides is 2. The van der Waals surface area contributed by atoms with Gasteiger partial charge in [-0.25, -0.2) is 9.37 Å². The van der Waals surface area contributed by atoms with E-state index < -0.39 is 23.2 Å². The Morgan fingerprint density at radius 1 is 1.30 bits per heavy atom. The lowest BCUT2D eigenvalue weighted by Gasteiger charge is -2.16. The van der Waals surface area contributed by atoms with E-state index in [1.807, 2.05) is 0 Å². The van der Waals surface area contributed by atoms with Gasteiger partial charge in [-0.15, -0.1) is 0 Å². The fraction of sp³-hybridized carbons (Fsp3) is 0.238. The van der Waals surface area contributed by atoms with E-state index in [-0.39, 0.29) is 35.2 Å². The maximum absolute atomic E-state index is 14.5. The van der Waals surface area contributed by atoms with E-state index in [0.717, 1.165) is 4.57 Å². The summed E-state index contributed by atoms with van der Waals surface area (Å²) in [5, 5.41) is 2.43. The quantitative estimate of drug-likeness (QED) is 0.542. The van der Waals surface area contributed by atoms with Crippen LogP contribution in [0.1, 0.15) is 43.1 Å². The van der Waals surface area contributed by atoms with Crippen LogP contribution in [0.3, 0.4) is 0 Å². The van der Waals surface area contributed by atoms with E-state index in [9.17, 15) is 18.8 Å². The summed E-state index contributed by atoms with van der Waals surface area (Å²) in [6.07, 6.45) is 5.09. The first-order valence-electron chi connectivity index (χ1n) is 9.33. The van der Waals surface area contributed by atoms with Crippen LogP contribution in [-0.4, -0.2) is 33.4 Å². The molecule has 3 aromatic rings. The molecule has 2 aromatic heterocycles. The third kappa shape index (κ3) is 4.14. The number of aromatic nitrogens is 3. The van der Waals surface area contributed by atoms with Crippen LogP contribution in [0.25, 0.3) is 0 Å². The number of pyridine rings is 1. The van der Waals surface area contributed by atoms with Crippen molar-refractivity contribution in [3.63, 3.8) is 0 Å². The summed E-state index contributed by atoms with van der Waals surface area (Å²) in [6.45, 7) is 1.47. The summed E-state index contributed by atoms with van der Waals surface area (Å²) in [7, 11) is 1.39. The molecular formula is C21H22FN5O3. The van der Waals surface area contributed by atoms with Crippen molar-refractivity contribution in [2.75, 3.05) is 7.05 Å². The zero-order valence-corrected chi connectivity index (χ0v) is 16.7. The van der Waals surface area contributed by atoms with Gasteiger partial charge >= 0.3 is 0 Å². The Morgan fingerprint density at radius 3 is 2.70 bits per heavy atom. The number of halogens is 1. The molecule has 0 aliphatic rings. The average molecular weight is 411 g/mol. The minimum Gasteiger partial charge on any atom is -0.366 e. The van der Waals surface area contributed by atoms with Gasteiger partial charge < -0.3 is 20.6 Å². The Labute approximate surface area is 171 Å². The van der Waals surface area contributed by atoms with Crippen molar-refractivity contribution in [3.05, 3.63) is 86.6 Å². The lowest BCUT2D eigenvalue weighted by atomic mass is 9.97. The van der Waals surface area contributed by atoms with Gasteiger partial charge in [0.15, 0.2) is 0 Å². The predicted molar refractivity (Wildman–Crippen MR) is 109 cm³/mol. The molecule has 0 aliphatic heterocycles. The molecule has 3 rings (SSSR count). The first-order valence-corrected chi connectivity index (χ1v) is 9.33. The minimum atomic E-state index is -0.782. The van der Waals surface area contributed by atoms with Crippen molar-refractivity contribution in [3.8, 4) is 0 Å². The number of carbonyl (C=O) groups excluding carboxylic acids is 2. The number of H-pyrrole nitrogens is 1. The number of hydrogen-bond donors (Lipinski definition) is 3. The third-order valence-corrected chi connectivity index (χ3v) is 4.90. The Morgan fingerprint density at radius 2 is 2.07 bits per heavy atom. The predicted octanol–water partition coefficient (Wildman–Crippen LogP) is 1.31. The average Bonchev–Trinajstić information content (AvgIpc) is 3.24. The van der Waals surface area contributed by atoms with Crippen LogP contribution in [-0.2, 0) is 19.4 Å². The van der Waals surface area contributed by atoms with Crippen molar-refractivity contribution in [1.29, 1.82) is 0 Å². The monoisotopic (exact) mass is 411 g/mol. The van der Waals surface area contributed by atoms with E-state index >= 15 is 0 Å². The Hall–Kier alpha value is -3.75. The lowest BCUT2D eigenvalue weighted by Crippen LogP contribution is -2.36. The van der Waals surface area contributed by atoms with E-state index in [4.69, 9.17) is 5.73 Å². The van der Waals surface area contributed by atoms with E-state index in [1.165, 1.54) is 19.6 Å². The largest absolute Gasteiger partial charge is 0.366 e. The lowest BCUT2D eigenvalue weighted by molar-refractivity contribution is 0.0960. The number of aryl methyl sites for hydroxylation is 2. The number of hydrogen-bond acceptors (Lipinski definition) is 4. The number of carbonyl (C=O) groups is 2. The van der Waals surface area contributed by atoms with Crippen LogP contribution in [0.15, 0.2) is 41.7 Å². The molecule has 0 atom stereocenters. The van der Waals surface area contributed by atoms with Gasteiger partial charge in [-0.05, 0) is 30.9 Å². The molecule has 0 fully saturated rings. The smallest absolute Gasteiger partial charge is 0.264 e. The van der Waals surface area contributed by atoms with Crippen molar-refractivity contribution in [1.82, 2.24) is 19.9 Å². The van der Waals surface area contributed by atoms with Gasteiger partial charge in [0.1, 0.15) is 11.4 Å². The van der Waals surface area contributed by atoms with E-state index in [0.29, 0.717) is 17.7 Å². The fourth-order valence-electron chi connectivity index (χ4n) is 3.34. The second-order valence-electron chi connectivity index (χ2n) is 6.88. The minimum absolute atomic E-state index is 0.0387. The molecule has 9 heteroatoms. The molecule has 0 unspecified atom stereocenters. The van der Waals surface area contributed by atoms with Gasteiger partial charge in [-0.2, -0.15) is 0 Å². The summed E-state index contributed by atoms with van der Waals surface area (Å²) >= 11 is 0. The van der Waals surface area contributed by atoms with Crippen LogP contribution in [0, 0.1) is 12.7 Å². The molecule has 0 spiro atoms. The molecule has 2 heterocycles. The number of nitrogens with two attached hydrogens (primary N) is 1. The maximum atomic E-state index is 14.5. The van der Waals surface area contributed by atoms with E-state index in [2.05, 4.69) is 15.3 Å². The Kier molecular flexibility index (Phi) is 6.10. The molecule has 8 nitrogen and oxygen atoms in total. The molecule has 0 aliphatic carbocycles. The number of rotatable bonds is 7. The third-order valence-electron chi connectivity index (χ3n) is 4.90. The van der Waals surface area contributed by atoms with Gasteiger partial charge in [0, 0.05) is 25.0 Å². The molecule has 0 radical (unpaired) electrons. The molecule has 2 amide bonds. The van der Waals surface area contributed by atoms with Crippen molar-refractivity contribution in [2.45, 2.75) is 26.3 Å². The second kappa shape index (κ2) is 8.73. The van der Waals surface area contributed by atoms with Gasteiger partial charge in [0.05, 0.1) is 24.1 Å². The number of imidazole rings is 1. The molecule has 0 saturated carbocycles. The molecular weight excluding hydrogens is 389 g/mol. The van der Waals surface area contributed by atoms with Crippen molar-refractivity contribution >= 4 is 11.8 Å². The molecule has 0 saturated heterocycles. The first kappa shape index (κ1) is 21.0. The number of nitrogens with one attached hydrogen (secondary N) is 2. The van der Waals surface area contributed by atoms with Crippen LogP contribution in [0.4, 0.5) is 4.39 Å². The zero-order valence-electron chi connectivity index (χ0n) is 16.7. The molecule has 4 N–H and O–H groups in total. The topological polar surface area (TPSA) is 123 Å². The fourth-order valence-corrected chi connectivity index (χ4v) is 3.34. The van der Waals surface area contributed by atoms with Crippen molar-refractivity contribution < 1.29 is 14.0 Å². The molecule has 1 aromatic carbocycles. The molecule has 156 valence electrons. The second-order valence-corrected chi connectivity index (χ2v) is 6.88. The number of aromatic amines is 1. The van der Waals surface area contributed by atoms with Gasteiger partial charge in [-0.3, -0.25) is 14.4 Å². The van der Waals surface area contributed by atoms with Gasteiger partial charge in [-0.1, -0.05) is 18.2 Å². The number of benzene rings is 1. The number of primary amides is 1. The highest BCUT2D eigenvalue weighted by atomic mass is 19.1.